The summed E-state index contributed by atoms with van der Waals surface area (Å²) in [5.74, 6) is -0.140. The Kier molecular flexibility index (Phi) is 3.34. The zero-order valence-electron chi connectivity index (χ0n) is 9.16. The number of thiophene rings is 1. The summed E-state index contributed by atoms with van der Waals surface area (Å²) in [7, 11) is 0. The van der Waals surface area contributed by atoms with Gasteiger partial charge in [-0.2, -0.15) is 11.3 Å². The van der Waals surface area contributed by atoms with Crippen LogP contribution in [0.3, 0.4) is 0 Å². The highest BCUT2D eigenvalue weighted by Gasteiger charge is 2.09. The summed E-state index contributed by atoms with van der Waals surface area (Å²) in [5.41, 5.74) is 1.96. The van der Waals surface area contributed by atoms with Crippen LogP contribution in [0.25, 0.3) is 0 Å². The van der Waals surface area contributed by atoms with Crippen molar-refractivity contribution in [2.45, 2.75) is 13.0 Å². The zero-order valence-corrected chi connectivity index (χ0v) is 9.98. The SMILES string of the molecule is CC(Nc1ccc([N+](=O)[O-])nc1)c1ccsc1. The highest BCUT2D eigenvalue weighted by molar-refractivity contribution is 7.07. The maximum atomic E-state index is 10.4. The standard InChI is InChI=1S/C11H11N3O2S/c1-8(9-4-5-17-7-9)13-10-2-3-11(12-6-10)14(15)16/h2-8,13H,1H3. The maximum Gasteiger partial charge on any atom is 0.363 e. The molecule has 0 amide bonds. The third kappa shape index (κ3) is 2.79. The van der Waals surface area contributed by atoms with Crippen LogP contribution in [-0.2, 0) is 0 Å². The smallest absolute Gasteiger partial charge is 0.363 e. The lowest BCUT2D eigenvalue weighted by Gasteiger charge is -2.12. The Morgan fingerprint density at radius 2 is 2.29 bits per heavy atom. The largest absolute Gasteiger partial charge is 0.375 e. The Morgan fingerprint density at radius 1 is 1.47 bits per heavy atom. The van der Waals surface area contributed by atoms with Crippen LogP contribution in [-0.4, -0.2) is 9.91 Å². The van der Waals surface area contributed by atoms with Crippen molar-refractivity contribution >= 4 is 22.8 Å². The summed E-state index contributed by atoms with van der Waals surface area (Å²) < 4.78 is 0. The topological polar surface area (TPSA) is 68.1 Å². The number of nitrogens with zero attached hydrogens (tertiary/aromatic N) is 2. The number of nitrogens with one attached hydrogen (secondary N) is 1. The second-order valence-corrected chi connectivity index (χ2v) is 4.36. The fraction of sp³-hybridized carbons (Fsp3) is 0.182. The number of pyridine rings is 1. The third-order valence-corrected chi connectivity index (χ3v) is 3.06. The van der Waals surface area contributed by atoms with Crippen LogP contribution >= 0.6 is 11.3 Å². The van der Waals surface area contributed by atoms with Crippen molar-refractivity contribution in [3.63, 3.8) is 0 Å². The van der Waals surface area contributed by atoms with Gasteiger partial charge in [0.1, 0.15) is 0 Å². The average molecular weight is 249 g/mol. The van der Waals surface area contributed by atoms with E-state index in [2.05, 4.69) is 15.7 Å². The summed E-state index contributed by atoms with van der Waals surface area (Å²) in [6, 6.07) is 5.25. The average Bonchev–Trinajstić information content (AvgIpc) is 2.83. The summed E-state index contributed by atoms with van der Waals surface area (Å²) >= 11 is 1.64. The Balaban J connectivity index is 2.06. The Hall–Kier alpha value is -1.95. The molecule has 0 bridgehead atoms. The molecule has 2 rings (SSSR count). The first-order valence-electron chi connectivity index (χ1n) is 5.06. The van der Waals surface area contributed by atoms with Crippen molar-refractivity contribution in [2.24, 2.45) is 0 Å². The summed E-state index contributed by atoms with van der Waals surface area (Å²) in [4.78, 5) is 13.7. The third-order valence-electron chi connectivity index (χ3n) is 2.36. The molecule has 88 valence electrons. The number of nitro groups is 1. The minimum Gasteiger partial charge on any atom is -0.375 e. The van der Waals surface area contributed by atoms with Crippen LogP contribution in [0.5, 0.6) is 0 Å². The van der Waals surface area contributed by atoms with Gasteiger partial charge in [-0.25, -0.2) is 0 Å². The fourth-order valence-corrected chi connectivity index (χ4v) is 2.19. The molecule has 0 aromatic carbocycles. The predicted octanol–water partition coefficient (Wildman–Crippen LogP) is 3.22. The maximum absolute atomic E-state index is 10.4. The molecule has 2 heterocycles. The molecule has 0 aliphatic carbocycles. The zero-order chi connectivity index (χ0) is 12.3. The van der Waals surface area contributed by atoms with Crippen molar-refractivity contribution in [1.82, 2.24) is 4.98 Å². The Morgan fingerprint density at radius 3 is 2.82 bits per heavy atom. The van der Waals surface area contributed by atoms with Crippen LogP contribution in [0.1, 0.15) is 18.5 Å². The Labute approximate surface area is 102 Å². The van der Waals surface area contributed by atoms with E-state index < -0.39 is 4.92 Å². The van der Waals surface area contributed by atoms with Crippen molar-refractivity contribution in [1.29, 1.82) is 0 Å². The lowest BCUT2D eigenvalue weighted by atomic mass is 10.2. The number of aromatic nitrogens is 1. The predicted molar refractivity (Wildman–Crippen MR) is 67.2 cm³/mol. The summed E-state index contributed by atoms with van der Waals surface area (Å²) in [5, 5.41) is 17.8. The van der Waals surface area contributed by atoms with Crippen LogP contribution in [0.2, 0.25) is 0 Å². The van der Waals surface area contributed by atoms with Gasteiger partial charge < -0.3 is 15.4 Å². The summed E-state index contributed by atoms with van der Waals surface area (Å²) in [6.07, 6.45) is 1.47. The molecule has 0 saturated heterocycles. The molecule has 2 aromatic rings. The number of anilines is 1. The number of hydrogen-bond donors (Lipinski definition) is 1. The fourth-order valence-electron chi connectivity index (χ4n) is 1.43. The lowest BCUT2D eigenvalue weighted by Crippen LogP contribution is -2.05. The van der Waals surface area contributed by atoms with Gasteiger partial charge in [-0.05, 0) is 45.3 Å². The van der Waals surface area contributed by atoms with Gasteiger partial charge in [0.15, 0.2) is 6.20 Å². The van der Waals surface area contributed by atoms with Gasteiger partial charge in [-0.3, -0.25) is 0 Å². The van der Waals surface area contributed by atoms with Gasteiger partial charge in [-0.1, -0.05) is 0 Å². The van der Waals surface area contributed by atoms with Gasteiger partial charge >= 0.3 is 5.82 Å². The number of rotatable bonds is 4. The van der Waals surface area contributed by atoms with E-state index in [4.69, 9.17) is 0 Å². The first-order chi connectivity index (χ1) is 8.16. The van der Waals surface area contributed by atoms with E-state index in [0.29, 0.717) is 0 Å². The monoisotopic (exact) mass is 249 g/mol. The quantitative estimate of drug-likeness (QED) is 0.667. The molecule has 2 aromatic heterocycles. The molecule has 6 heteroatoms. The second-order valence-electron chi connectivity index (χ2n) is 3.58. The van der Waals surface area contributed by atoms with Crippen molar-refractivity contribution in [2.75, 3.05) is 5.32 Å². The van der Waals surface area contributed by atoms with Crippen molar-refractivity contribution in [3.8, 4) is 0 Å². The molecule has 0 radical (unpaired) electrons. The van der Waals surface area contributed by atoms with Crippen LogP contribution in [0.15, 0.2) is 35.2 Å². The molecule has 1 atom stereocenters. The molecular formula is C11H11N3O2S. The van der Waals surface area contributed by atoms with Gasteiger partial charge in [0, 0.05) is 12.1 Å². The van der Waals surface area contributed by atoms with Crippen LogP contribution in [0, 0.1) is 10.1 Å². The molecule has 1 N–H and O–H groups in total. The lowest BCUT2D eigenvalue weighted by molar-refractivity contribution is -0.389. The molecular weight excluding hydrogens is 238 g/mol. The van der Waals surface area contributed by atoms with Crippen molar-refractivity contribution < 1.29 is 4.92 Å². The van der Waals surface area contributed by atoms with Gasteiger partial charge in [0.05, 0.1) is 5.69 Å². The molecule has 0 spiro atoms. The molecule has 1 unspecified atom stereocenters. The van der Waals surface area contributed by atoms with E-state index in [9.17, 15) is 10.1 Å². The highest BCUT2D eigenvalue weighted by Crippen LogP contribution is 2.21. The minimum atomic E-state index is -0.508. The number of hydrogen-bond acceptors (Lipinski definition) is 5. The molecule has 0 aliphatic rings. The van der Waals surface area contributed by atoms with E-state index in [1.807, 2.05) is 18.4 Å². The van der Waals surface area contributed by atoms with E-state index in [1.165, 1.54) is 17.8 Å². The minimum absolute atomic E-state index is 0.140. The van der Waals surface area contributed by atoms with E-state index in [0.717, 1.165) is 5.69 Å². The van der Waals surface area contributed by atoms with Gasteiger partial charge in [0.25, 0.3) is 0 Å². The van der Waals surface area contributed by atoms with E-state index in [1.54, 1.807) is 17.4 Å². The first-order valence-corrected chi connectivity index (χ1v) is 6.00. The molecule has 0 saturated carbocycles. The second kappa shape index (κ2) is 4.92. The first kappa shape index (κ1) is 11.5. The molecule has 0 fully saturated rings. The van der Waals surface area contributed by atoms with Crippen molar-refractivity contribution in [3.05, 3.63) is 50.8 Å². The van der Waals surface area contributed by atoms with E-state index in [-0.39, 0.29) is 11.9 Å². The van der Waals surface area contributed by atoms with Crippen LogP contribution in [0.4, 0.5) is 11.5 Å². The summed E-state index contributed by atoms with van der Waals surface area (Å²) in [6.45, 7) is 2.03. The normalized spacial score (nSPS) is 12.1. The molecule has 5 nitrogen and oxygen atoms in total. The Bertz CT molecular complexity index is 496. The van der Waals surface area contributed by atoms with Gasteiger partial charge in [-0.15, -0.1) is 0 Å². The molecule has 0 aliphatic heterocycles. The molecule has 17 heavy (non-hydrogen) atoms. The highest BCUT2D eigenvalue weighted by atomic mass is 32.1. The van der Waals surface area contributed by atoms with Crippen LogP contribution < -0.4 is 5.32 Å². The van der Waals surface area contributed by atoms with E-state index >= 15 is 0 Å². The van der Waals surface area contributed by atoms with Gasteiger partial charge in [0.2, 0.25) is 0 Å².